The Morgan fingerprint density at radius 2 is 2.29 bits per heavy atom. The first-order valence-corrected chi connectivity index (χ1v) is 5.02. The van der Waals surface area contributed by atoms with Crippen molar-refractivity contribution in [1.82, 2.24) is 10.2 Å². The lowest BCUT2D eigenvalue weighted by molar-refractivity contribution is 0.837. The monoisotopic (exact) mass is 209 g/mol. The average Bonchev–Trinajstić information content (AvgIpc) is 2.58. The van der Waals surface area contributed by atoms with Crippen LogP contribution < -0.4 is 5.73 Å². The predicted molar refractivity (Wildman–Crippen MR) is 58.5 cm³/mol. The largest absolute Gasteiger partial charge is 0.330 e. The molecule has 0 bridgehead atoms. The molecule has 3 nitrogen and oxygen atoms in total. The Kier molecular flexibility index (Phi) is 2.70. The Labute approximate surface area is 87.2 Å². The van der Waals surface area contributed by atoms with Crippen LogP contribution in [0.1, 0.15) is 12.0 Å². The van der Waals surface area contributed by atoms with Crippen molar-refractivity contribution in [3.8, 4) is 0 Å². The van der Waals surface area contributed by atoms with E-state index in [1.54, 1.807) is 0 Å². The molecule has 1 aromatic heterocycles. The van der Waals surface area contributed by atoms with Crippen LogP contribution in [0.4, 0.5) is 0 Å². The second kappa shape index (κ2) is 3.98. The third-order valence-corrected chi connectivity index (χ3v) is 2.55. The molecule has 0 radical (unpaired) electrons. The second-order valence-electron chi connectivity index (χ2n) is 3.24. The number of aromatic amines is 1. The molecule has 1 aromatic carbocycles. The minimum atomic E-state index is 0.618. The van der Waals surface area contributed by atoms with Crippen LogP contribution in [0, 0.1) is 0 Å². The lowest BCUT2D eigenvalue weighted by Gasteiger charge is -2.01. The van der Waals surface area contributed by atoms with Crippen molar-refractivity contribution in [2.75, 3.05) is 6.54 Å². The number of hydrogen-bond acceptors (Lipinski definition) is 2. The van der Waals surface area contributed by atoms with Gasteiger partial charge in [0.1, 0.15) is 5.15 Å². The topological polar surface area (TPSA) is 54.7 Å². The summed E-state index contributed by atoms with van der Waals surface area (Å²) < 4.78 is 0. The first kappa shape index (κ1) is 9.49. The standard InChI is InChI=1S/C10H12ClN3/c11-10-9-7(4-2-6-12)3-1-5-8(9)13-14-10/h1,3,5H,2,4,6,12H2,(H,13,14). The molecule has 2 aromatic rings. The Morgan fingerprint density at radius 3 is 3.07 bits per heavy atom. The van der Waals surface area contributed by atoms with Crippen molar-refractivity contribution in [3.63, 3.8) is 0 Å². The highest BCUT2D eigenvalue weighted by Gasteiger charge is 2.07. The Morgan fingerprint density at radius 1 is 1.43 bits per heavy atom. The van der Waals surface area contributed by atoms with Gasteiger partial charge in [0.2, 0.25) is 0 Å². The van der Waals surface area contributed by atoms with Crippen molar-refractivity contribution < 1.29 is 0 Å². The maximum absolute atomic E-state index is 6.01. The zero-order chi connectivity index (χ0) is 9.97. The number of fused-ring (bicyclic) bond motifs is 1. The van der Waals surface area contributed by atoms with Crippen LogP contribution >= 0.6 is 11.6 Å². The third kappa shape index (κ3) is 1.61. The molecule has 2 rings (SSSR count). The van der Waals surface area contributed by atoms with Gasteiger partial charge in [-0.1, -0.05) is 23.7 Å². The van der Waals surface area contributed by atoms with Crippen molar-refractivity contribution in [2.24, 2.45) is 5.73 Å². The van der Waals surface area contributed by atoms with Crippen LogP contribution in [0.15, 0.2) is 18.2 Å². The fraction of sp³-hybridized carbons (Fsp3) is 0.300. The predicted octanol–water partition coefficient (Wildman–Crippen LogP) is 2.11. The number of nitrogens with one attached hydrogen (secondary N) is 1. The SMILES string of the molecule is NCCCc1cccc2n[nH]c(Cl)c12. The first-order chi connectivity index (χ1) is 6.83. The van der Waals surface area contributed by atoms with Gasteiger partial charge in [-0.15, -0.1) is 0 Å². The van der Waals surface area contributed by atoms with Crippen LogP contribution in [0.5, 0.6) is 0 Å². The lowest BCUT2D eigenvalue weighted by atomic mass is 10.1. The normalized spacial score (nSPS) is 11.0. The highest BCUT2D eigenvalue weighted by atomic mass is 35.5. The van der Waals surface area contributed by atoms with E-state index in [1.807, 2.05) is 12.1 Å². The molecule has 0 aliphatic heterocycles. The number of rotatable bonds is 3. The molecule has 74 valence electrons. The average molecular weight is 210 g/mol. The molecule has 0 fully saturated rings. The van der Waals surface area contributed by atoms with Gasteiger partial charge in [0, 0.05) is 5.39 Å². The molecule has 0 saturated heterocycles. The lowest BCUT2D eigenvalue weighted by Crippen LogP contribution is -2.00. The van der Waals surface area contributed by atoms with Crippen LogP contribution in [-0.2, 0) is 6.42 Å². The molecule has 0 atom stereocenters. The number of nitrogens with zero attached hydrogens (tertiary/aromatic N) is 1. The minimum Gasteiger partial charge on any atom is -0.330 e. The van der Waals surface area contributed by atoms with Crippen molar-refractivity contribution >= 4 is 22.5 Å². The summed E-state index contributed by atoms with van der Waals surface area (Å²) in [6.45, 7) is 0.700. The summed E-state index contributed by atoms with van der Waals surface area (Å²) in [5.41, 5.74) is 7.61. The van der Waals surface area contributed by atoms with Gasteiger partial charge >= 0.3 is 0 Å². The molecule has 3 N–H and O–H groups in total. The molecule has 0 spiro atoms. The summed E-state index contributed by atoms with van der Waals surface area (Å²) in [4.78, 5) is 0. The number of hydrogen-bond donors (Lipinski definition) is 2. The van der Waals surface area contributed by atoms with Crippen LogP contribution in [0.3, 0.4) is 0 Å². The summed E-state index contributed by atoms with van der Waals surface area (Å²) in [7, 11) is 0. The second-order valence-corrected chi connectivity index (χ2v) is 3.62. The van der Waals surface area contributed by atoms with Crippen LogP contribution in [0.2, 0.25) is 5.15 Å². The summed E-state index contributed by atoms with van der Waals surface area (Å²) in [5.74, 6) is 0. The van der Waals surface area contributed by atoms with E-state index in [-0.39, 0.29) is 0 Å². The Hall–Kier alpha value is -1.06. The van der Waals surface area contributed by atoms with E-state index >= 15 is 0 Å². The minimum absolute atomic E-state index is 0.618. The van der Waals surface area contributed by atoms with Gasteiger partial charge in [-0.2, -0.15) is 5.10 Å². The molecule has 4 heteroatoms. The van der Waals surface area contributed by atoms with Crippen LogP contribution in [-0.4, -0.2) is 16.7 Å². The molecule has 0 aliphatic rings. The highest BCUT2D eigenvalue weighted by Crippen LogP contribution is 2.24. The molecular weight excluding hydrogens is 198 g/mol. The van der Waals surface area contributed by atoms with Crippen molar-refractivity contribution in [2.45, 2.75) is 12.8 Å². The zero-order valence-corrected chi connectivity index (χ0v) is 8.51. The smallest absolute Gasteiger partial charge is 0.132 e. The number of benzene rings is 1. The fourth-order valence-corrected chi connectivity index (χ4v) is 1.86. The van der Waals surface area contributed by atoms with Gasteiger partial charge in [-0.3, -0.25) is 5.10 Å². The quantitative estimate of drug-likeness (QED) is 0.814. The number of nitrogens with two attached hydrogens (primary N) is 1. The van der Waals surface area contributed by atoms with Gasteiger partial charge in [-0.25, -0.2) is 0 Å². The fourth-order valence-electron chi connectivity index (χ4n) is 1.60. The van der Waals surface area contributed by atoms with E-state index < -0.39 is 0 Å². The van der Waals surface area contributed by atoms with Gasteiger partial charge in [0.25, 0.3) is 0 Å². The van der Waals surface area contributed by atoms with E-state index in [2.05, 4.69) is 16.3 Å². The summed E-state index contributed by atoms with van der Waals surface area (Å²) in [5, 5.41) is 8.52. The van der Waals surface area contributed by atoms with Gasteiger partial charge in [-0.05, 0) is 31.0 Å². The molecule has 0 saturated carbocycles. The molecule has 1 heterocycles. The molecule has 0 amide bonds. The maximum atomic E-state index is 6.01. The molecule has 14 heavy (non-hydrogen) atoms. The summed E-state index contributed by atoms with van der Waals surface area (Å²) in [6, 6.07) is 6.01. The number of aryl methyl sites for hydroxylation is 1. The zero-order valence-electron chi connectivity index (χ0n) is 7.76. The Balaban J connectivity index is 2.46. The molecule has 0 aliphatic carbocycles. The third-order valence-electron chi connectivity index (χ3n) is 2.27. The summed E-state index contributed by atoms with van der Waals surface area (Å²) in [6.07, 6.45) is 1.92. The molecular formula is C10H12ClN3. The van der Waals surface area contributed by atoms with E-state index in [0.717, 1.165) is 23.7 Å². The summed E-state index contributed by atoms with van der Waals surface area (Å²) >= 11 is 6.01. The maximum Gasteiger partial charge on any atom is 0.132 e. The first-order valence-electron chi connectivity index (χ1n) is 4.64. The van der Waals surface area contributed by atoms with E-state index in [0.29, 0.717) is 11.7 Å². The Bertz CT molecular complexity index is 436. The van der Waals surface area contributed by atoms with Crippen molar-refractivity contribution in [1.29, 1.82) is 0 Å². The number of halogens is 1. The van der Waals surface area contributed by atoms with Crippen LogP contribution in [0.25, 0.3) is 10.9 Å². The highest BCUT2D eigenvalue weighted by molar-refractivity contribution is 6.34. The van der Waals surface area contributed by atoms with E-state index in [4.69, 9.17) is 17.3 Å². The number of H-pyrrole nitrogens is 1. The van der Waals surface area contributed by atoms with Gasteiger partial charge < -0.3 is 5.73 Å². The van der Waals surface area contributed by atoms with E-state index in [9.17, 15) is 0 Å². The molecule has 0 unspecified atom stereocenters. The van der Waals surface area contributed by atoms with E-state index in [1.165, 1.54) is 5.56 Å². The number of aromatic nitrogens is 2. The van der Waals surface area contributed by atoms with Crippen molar-refractivity contribution in [3.05, 3.63) is 28.9 Å². The van der Waals surface area contributed by atoms with Gasteiger partial charge in [0.15, 0.2) is 0 Å². The van der Waals surface area contributed by atoms with Gasteiger partial charge in [0.05, 0.1) is 5.52 Å².